The molecule has 0 radical (unpaired) electrons. The van der Waals surface area contributed by atoms with Gasteiger partial charge in [0.2, 0.25) is 0 Å². The maximum atomic E-state index is 9.72. The molecule has 1 unspecified atom stereocenters. The number of ether oxygens (including phenoxy) is 1. The van der Waals surface area contributed by atoms with Crippen molar-refractivity contribution in [1.82, 2.24) is 24.4 Å². The molecule has 39 heavy (non-hydrogen) atoms. The van der Waals surface area contributed by atoms with Crippen LogP contribution in [0.15, 0.2) is 12.7 Å². The van der Waals surface area contributed by atoms with E-state index in [1.165, 1.54) is 6.33 Å². The molecule has 0 spiro atoms. The topological polar surface area (TPSA) is 121 Å². The molecule has 1 aliphatic heterocycles. The normalized spacial score (nSPS) is 22.1. The van der Waals surface area contributed by atoms with Gasteiger partial charge in [0.15, 0.2) is 34.3 Å². The fraction of sp³-hybridized carbons (Fsp3) is 0.741. The van der Waals surface area contributed by atoms with Crippen molar-refractivity contribution in [3.05, 3.63) is 12.7 Å². The van der Waals surface area contributed by atoms with Crippen molar-refractivity contribution in [2.75, 3.05) is 32.0 Å². The summed E-state index contributed by atoms with van der Waals surface area (Å²) in [6.07, 6.45) is 7.39. The SMILES string of the molecule is C#CCN(CCO)C[C@H]1O[C@@H](n2cnc3c(N)ncnc32)[C@H](O[Si](CC)(CC)CC)C1O[Si](CC)(CC)CC. The van der Waals surface area contributed by atoms with Crippen LogP contribution < -0.4 is 5.73 Å². The fourth-order valence-corrected chi connectivity index (χ4v) is 11.4. The summed E-state index contributed by atoms with van der Waals surface area (Å²) in [5, 5.41) is 9.72. The average Bonchev–Trinajstić information content (AvgIpc) is 3.52. The van der Waals surface area contributed by atoms with Gasteiger partial charge in [-0.2, -0.15) is 0 Å². The molecule has 1 aliphatic rings. The molecule has 2 aromatic rings. The molecule has 1 fully saturated rings. The van der Waals surface area contributed by atoms with E-state index in [2.05, 4.69) is 62.4 Å². The highest BCUT2D eigenvalue weighted by Crippen LogP contribution is 2.41. The minimum atomic E-state index is -2.08. The second-order valence-corrected chi connectivity index (χ2v) is 19.9. The summed E-state index contributed by atoms with van der Waals surface area (Å²) < 4.78 is 23.3. The van der Waals surface area contributed by atoms with E-state index in [1.807, 2.05) is 9.47 Å². The number of hydrogen-bond donors (Lipinski definition) is 2. The van der Waals surface area contributed by atoms with Gasteiger partial charge in [0.25, 0.3) is 0 Å². The molecule has 3 rings (SSSR count). The van der Waals surface area contributed by atoms with Crippen molar-refractivity contribution in [3.8, 4) is 12.3 Å². The standard InChI is InChI=1S/C27H48N6O4Si2/c1-8-15-32(16-17-34)18-21-23(36-38(9-2,10-3)11-4)24(37-39(12-5,13-6)14-7)27(35-21)33-20-31-22-25(28)29-19-30-26(22)33/h1,19-21,23-24,27,34H,9-18H2,2-7H3,(H2,28,29,30)/t21-,23?,24-,27-/m1/s1. The predicted molar refractivity (Wildman–Crippen MR) is 160 cm³/mol. The molecule has 0 amide bonds. The number of nitrogens with zero attached hydrogens (tertiary/aromatic N) is 5. The third-order valence-electron chi connectivity index (χ3n) is 8.75. The molecule has 3 heterocycles. The maximum Gasteiger partial charge on any atom is 0.192 e. The summed E-state index contributed by atoms with van der Waals surface area (Å²) in [4.78, 5) is 15.2. The smallest absolute Gasteiger partial charge is 0.192 e. The van der Waals surface area contributed by atoms with E-state index >= 15 is 0 Å². The number of rotatable bonds is 16. The van der Waals surface area contributed by atoms with E-state index in [-0.39, 0.29) is 24.9 Å². The molecule has 0 saturated carbocycles. The molecule has 0 aromatic carbocycles. The Hall–Kier alpha value is -1.86. The zero-order valence-electron chi connectivity index (χ0n) is 24.6. The minimum Gasteiger partial charge on any atom is -0.408 e. The number of hydrogen-bond acceptors (Lipinski definition) is 9. The lowest BCUT2D eigenvalue weighted by molar-refractivity contribution is -0.0413. The Bertz CT molecular complexity index is 1070. The van der Waals surface area contributed by atoms with Crippen molar-refractivity contribution in [2.24, 2.45) is 0 Å². The number of aliphatic hydroxyl groups is 1. The summed E-state index contributed by atoms with van der Waals surface area (Å²) in [7, 11) is -4.14. The number of imidazole rings is 1. The number of nitrogens with two attached hydrogens (primary N) is 1. The van der Waals surface area contributed by atoms with Gasteiger partial charge in [-0.25, -0.2) is 15.0 Å². The summed E-state index contributed by atoms with van der Waals surface area (Å²) in [6, 6.07) is 6.06. The summed E-state index contributed by atoms with van der Waals surface area (Å²) in [5.74, 6) is 3.06. The van der Waals surface area contributed by atoms with E-state index in [0.717, 1.165) is 36.3 Å². The van der Waals surface area contributed by atoms with Crippen LogP contribution >= 0.6 is 0 Å². The number of anilines is 1. The van der Waals surface area contributed by atoms with Crippen molar-refractivity contribution in [1.29, 1.82) is 0 Å². The Kier molecular flexibility index (Phi) is 11.5. The third kappa shape index (κ3) is 6.73. The van der Waals surface area contributed by atoms with Crippen LogP contribution in [0, 0.1) is 12.3 Å². The number of aromatic nitrogens is 4. The van der Waals surface area contributed by atoms with Crippen LogP contribution in [-0.2, 0) is 13.6 Å². The quantitative estimate of drug-likeness (QED) is 0.225. The van der Waals surface area contributed by atoms with E-state index in [1.54, 1.807) is 6.33 Å². The molecule has 0 aliphatic carbocycles. The highest BCUT2D eigenvalue weighted by molar-refractivity contribution is 6.74. The van der Waals surface area contributed by atoms with Crippen LogP contribution in [0.5, 0.6) is 0 Å². The second kappa shape index (κ2) is 14.2. The van der Waals surface area contributed by atoms with Gasteiger partial charge in [-0.3, -0.25) is 9.47 Å². The van der Waals surface area contributed by atoms with Gasteiger partial charge in [-0.05, 0) is 36.3 Å². The number of terminal acetylenes is 1. The fourth-order valence-electron chi connectivity index (χ4n) is 5.74. The molecular weight excluding hydrogens is 529 g/mol. The average molecular weight is 577 g/mol. The van der Waals surface area contributed by atoms with Gasteiger partial charge in [-0.15, -0.1) is 6.42 Å². The molecule has 3 N–H and O–H groups in total. The molecule has 4 atom stereocenters. The lowest BCUT2D eigenvalue weighted by Gasteiger charge is -2.40. The molecule has 10 nitrogen and oxygen atoms in total. The Morgan fingerprint density at radius 1 is 1.00 bits per heavy atom. The first kappa shape index (κ1) is 31.7. The first-order chi connectivity index (χ1) is 18.8. The van der Waals surface area contributed by atoms with Crippen LogP contribution in [0.1, 0.15) is 47.8 Å². The largest absolute Gasteiger partial charge is 0.408 e. The predicted octanol–water partition coefficient (Wildman–Crippen LogP) is 4.01. The number of nitrogen functional groups attached to an aromatic ring is 1. The first-order valence-corrected chi connectivity index (χ1v) is 19.6. The van der Waals surface area contributed by atoms with Gasteiger partial charge in [0.05, 0.1) is 19.5 Å². The van der Waals surface area contributed by atoms with E-state index in [9.17, 15) is 5.11 Å². The van der Waals surface area contributed by atoms with Gasteiger partial charge in [0.1, 0.15) is 30.2 Å². The first-order valence-electron chi connectivity index (χ1n) is 14.5. The Morgan fingerprint density at radius 3 is 2.13 bits per heavy atom. The third-order valence-corrected chi connectivity index (χ3v) is 18.0. The molecular formula is C27H48N6O4Si2. The zero-order valence-corrected chi connectivity index (χ0v) is 26.6. The van der Waals surface area contributed by atoms with E-state index in [4.69, 9.17) is 25.7 Å². The molecule has 1 saturated heterocycles. The van der Waals surface area contributed by atoms with Gasteiger partial charge < -0.3 is 24.4 Å². The van der Waals surface area contributed by atoms with Gasteiger partial charge in [0, 0.05) is 13.1 Å². The molecule has 218 valence electrons. The second-order valence-electron chi connectivity index (χ2n) is 10.5. The van der Waals surface area contributed by atoms with Crippen LogP contribution in [0.3, 0.4) is 0 Å². The van der Waals surface area contributed by atoms with E-state index in [0.29, 0.717) is 36.6 Å². The Labute approximate surface area is 235 Å². The van der Waals surface area contributed by atoms with Crippen LogP contribution in [0.25, 0.3) is 11.2 Å². The van der Waals surface area contributed by atoms with Crippen molar-refractivity contribution < 1.29 is 18.7 Å². The van der Waals surface area contributed by atoms with Crippen molar-refractivity contribution in [3.63, 3.8) is 0 Å². The summed E-state index contributed by atoms with van der Waals surface area (Å²) in [6.45, 7) is 14.8. The minimum absolute atomic E-state index is 0.0146. The van der Waals surface area contributed by atoms with Crippen molar-refractivity contribution in [2.45, 2.75) is 102 Å². The summed E-state index contributed by atoms with van der Waals surface area (Å²) in [5.41, 5.74) is 7.28. The highest BCUT2D eigenvalue weighted by Gasteiger charge is 2.53. The summed E-state index contributed by atoms with van der Waals surface area (Å²) >= 11 is 0. The lowest BCUT2D eigenvalue weighted by Crippen LogP contribution is -2.53. The monoisotopic (exact) mass is 576 g/mol. The zero-order chi connectivity index (χ0) is 28.6. The van der Waals surface area contributed by atoms with Crippen LogP contribution in [-0.4, -0.2) is 90.7 Å². The Balaban J connectivity index is 2.16. The number of aliphatic hydroxyl groups excluding tert-OH is 1. The van der Waals surface area contributed by atoms with Gasteiger partial charge in [-0.1, -0.05) is 47.5 Å². The lowest BCUT2D eigenvalue weighted by atomic mass is 10.1. The van der Waals surface area contributed by atoms with Crippen LogP contribution in [0.4, 0.5) is 5.82 Å². The Morgan fingerprint density at radius 2 is 1.59 bits per heavy atom. The van der Waals surface area contributed by atoms with Crippen LogP contribution in [0.2, 0.25) is 36.3 Å². The van der Waals surface area contributed by atoms with E-state index < -0.39 is 22.9 Å². The number of fused-ring (bicyclic) bond motifs is 1. The van der Waals surface area contributed by atoms with Crippen molar-refractivity contribution >= 4 is 33.6 Å². The van der Waals surface area contributed by atoms with Gasteiger partial charge >= 0.3 is 0 Å². The molecule has 0 bridgehead atoms. The molecule has 12 heteroatoms. The maximum absolute atomic E-state index is 9.72. The molecule has 2 aromatic heterocycles. The highest BCUT2D eigenvalue weighted by atomic mass is 28.4.